The lowest BCUT2D eigenvalue weighted by molar-refractivity contribution is -0.144. The van der Waals surface area contributed by atoms with E-state index < -0.39 is 29.7 Å². The Labute approximate surface area is 207 Å². The molecule has 1 aliphatic heterocycles. The Morgan fingerprint density at radius 3 is 2.50 bits per heavy atom. The molecule has 12 heteroatoms. The molecule has 5 rings (SSSR count). The standard InChI is InChI=1S/C24H20ClF5N6/c1-11-4-6-14(18(27)17(11)26)20-19-13(15-10-12(25)5-7-16(15)31-19)8-9-36(20)23-33-21(24(28,29)30)32-22(34-23)35(2)3/h4-7,10,20,31H,8-9H2,1-3H3. The Bertz CT molecular complexity index is 1480. The van der Waals surface area contributed by atoms with E-state index in [2.05, 4.69) is 19.9 Å². The molecule has 0 spiro atoms. The van der Waals surface area contributed by atoms with Crippen molar-refractivity contribution in [1.82, 2.24) is 19.9 Å². The maximum Gasteiger partial charge on any atom is 0.451 e. The van der Waals surface area contributed by atoms with E-state index in [1.54, 1.807) is 18.2 Å². The van der Waals surface area contributed by atoms with Gasteiger partial charge in [-0.15, -0.1) is 0 Å². The average molecular weight is 523 g/mol. The van der Waals surface area contributed by atoms with E-state index in [9.17, 15) is 17.6 Å². The molecule has 0 amide bonds. The summed E-state index contributed by atoms with van der Waals surface area (Å²) in [5.74, 6) is -4.00. The van der Waals surface area contributed by atoms with Crippen molar-refractivity contribution >= 4 is 34.4 Å². The predicted molar refractivity (Wildman–Crippen MR) is 126 cm³/mol. The molecule has 1 N–H and O–H groups in total. The summed E-state index contributed by atoms with van der Waals surface area (Å²) in [6, 6.07) is 7.04. The Kier molecular flexibility index (Phi) is 5.77. The van der Waals surface area contributed by atoms with Crippen molar-refractivity contribution in [2.45, 2.75) is 25.6 Å². The summed E-state index contributed by atoms with van der Waals surface area (Å²) >= 11 is 6.19. The minimum atomic E-state index is -4.84. The lowest BCUT2D eigenvalue weighted by Gasteiger charge is -2.36. The van der Waals surface area contributed by atoms with Crippen LogP contribution < -0.4 is 9.80 Å². The van der Waals surface area contributed by atoms with Gasteiger partial charge in [-0.25, -0.2) is 8.78 Å². The fourth-order valence-electron chi connectivity index (χ4n) is 4.48. The van der Waals surface area contributed by atoms with E-state index in [4.69, 9.17) is 11.6 Å². The molecule has 2 aromatic carbocycles. The summed E-state index contributed by atoms with van der Waals surface area (Å²) in [5, 5.41) is 1.30. The van der Waals surface area contributed by atoms with Crippen LogP contribution in [-0.2, 0) is 12.6 Å². The Morgan fingerprint density at radius 2 is 1.81 bits per heavy atom. The maximum absolute atomic E-state index is 15.3. The Balaban J connectivity index is 1.77. The maximum atomic E-state index is 15.3. The topological polar surface area (TPSA) is 60.9 Å². The van der Waals surface area contributed by atoms with Crippen LogP contribution in [0.25, 0.3) is 10.9 Å². The fraction of sp³-hybridized carbons (Fsp3) is 0.292. The lowest BCUT2D eigenvalue weighted by atomic mass is 9.91. The van der Waals surface area contributed by atoms with Crippen LogP contribution in [0.4, 0.5) is 33.8 Å². The van der Waals surface area contributed by atoms with E-state index in [1.807, 2.05) is 0 Å². The molecule has 0 saturated carbocycles. The van der Waals surface area contributed by atoms with Gasteiger partial charge in [0.1, 0.15) is 6.04 Å². The first kappa shape index (κ1) is 24.2. The zero-order valence-electron chi connectivity index (χ0n) is 19.4. The van der Waals surface area contributed by atoms with Gasteiger partial charge >= 0.3 is 6.18 Å². The molecule has 36 heavy (non-hydrogen) atoms. The van der Waals surface area contributed by atoms with Gasteiger partial charge in [0.2, 0.25) is 17.7 Å². The van der Waals surface area contributed by atoms with E-state index in [1.165, 1.54) is 43.0 Å². The molecule has 188 valence electrons. The number of hydrogen-bond donors (Lipinski definition) is 1. The first-order valence-electron chi connectivity index (χ1n) is 11.0. The fourth-order valence-corrected chi connectivity index (χ4v) is 4.65. The highest BCUT2D eigenvalue weighted by molar-refractivity contribution is 6.31. The van der Waals surface area contributed by atoms with Crippen LogP contribution in [0.5, 0.6) is 0 Å². The van der Waals surface area contributed by atoms with Crippen LogP contribution in [0, 0.1) is 18.6 Å². The highest BCUT2D eigenvalue weighted by atomic mass is 35.5. The number of H-pyrrole nitrogens is 1. The lowest BCUT2D eigenvalue weighted by Crippen LogP contribution is -2.38. The van der Waals surface area contributed by atoms with Crippen molar-refractivity contribution in [2.75, 3.05) is 30.4 Å². The minimum absolute atomic E-state index is 0.0583. The number of aromatic amines is 1. The number of fused-ring (bicyclic) bond motifs is 3. The third-order valence-corrected chi connectivity index (χ3v) is 6.45. The van der Waals surface area contributed by atoms with Crippen molar-refractivity contribution in [1.29, 1.82) is 0 Å². The summed E-state index contributed by atoms with van der Waals surface area (Å²) in [5.41, 5.74) is 2.08. The van der Waals surface area contributed by atoms with Crippen molar-refractivity contribution < 1.29 is 22.0 Å². The number of alkyl halides is 3. The summed E-state index contributed by atoms with van der Waals surface area (Å²) < 4.78 is 71.0. The second kappa shape index (κ2) is 8.58. The monoisotopic (exact) mass is 522 g/mol. The minimum Gasteiger partial charge on any atom is -0.356 e. The third-order valence-electron chi connectivity index (χ3n) is 6.21. The zero-order valence-corrected chi connectivity index (χ0v) is 20.1. The van der Waals surface area contributed by atoms with Gasteiger partial charge in [0.05, 0.1) is 0 Å². The molecule has 0 saturated heterocycles. The number of nitrogens with one attached hydrogen (secondary N) is 1. The number of aromatic nitrogens is 4. The van der Waals surface area contributed by atoms with E-state index in [0.29, 0.717) is 22.7 Å². The molecular formula is C24H20ClF5N6. The Hall–Kier alpha value is -3.47. The van der Waals surface area contributed by atoms with Gasteiger partial charge in [0.25, 0.3) is 0 Å². The van der Waals surface area contributed by atoms with Crippen LogP contribution in [0.2, 0.25) is 5.02 Å². The predicted octanol–water partition coefficient (Wildman–Crippen LogP) is 5.83. The largest absolute Gasteiger partial charge is 0.451 e. The van der Waals surface area contributed by atoms with Crippen LogP contribution in [-0.4, -0.2) is 40.6 Å². The van der Waals surface area contributed by atoms with Gasteiger partial charge in [-0.05, 0) is 42.7 Å². The summed E-state index contributed by atoms with van der Waals surface area (Å²) in [4.78, 5) is 17.5. The van der Waals surface area contributed by atoms with Crippen LogP contribution in [0.3, 0.4) is 0 Å². The second-order valence-corrected chi connectivity index (χ2v) is 9.24. The molecular weight excluding hydrogens is 503 g/mol. The van der Waals surface area contributed by atoms with Gasteiger partial charge in [-0.1, -0.05) is 23.7 Å². The molecule has 4 aromatic rings. The Morgan fingerprint density at radius 1 is 1.06 bits per heavy atom. The molecule has 6 nitrogen and oxygen atoms in total. The van der Waals surface area contributed by atoms with Crippen molar-refractivity contribution in [3.63, 3.8) is 0 Å². The summed E-state index contributed by atoms with van der Waals surface area (Å²) in [7, 11) is 3.00. The van der Waals surface area contributed by atoms with Crippen LogP contribution in [0.15, 0.2) is 30.3 Å². The van der Waals surface area contributed by atoms with Crippen LogP contribution >= 0.6 is 11.6 Å². The molecule has 3 heterocycles. The smallest absolute Gasteiger partial charge is 0.356 e. The van der Waals surface area contributed by atoms with Crippen molar-refractivity contribution in [3.05, 3.63) is 75.2 Å². The number of benzene rings is 2. The SMILES string of the molecule is Cc1ccc(C2c3[nH]c4ccc(Cl)cc4c3CCN2c2nc(N(C)C)nc(C(F)(F)F)n2)c(F)c1F. The molecule has 0 bridgehead atoms. The number of aryl methyl sites for hydroxylation is 1. The van der Waals surface area contributed by atoms with E-state index in [-0.39, 0.29) is 29.6 Å². The summed E-state index contributed by atoms with van der Waals surface area (Å²) in [6.45, 7) is 1.57. The zero-order chi connectivity index (χ0) is 25.9. The number of halogens is 6. The molecule has 0 fully saturated rings. The molecule has 0 radical (unpaired) electrons. The highest BCUT2D eigenvalue weighted by Gasteiger charge is 2.40. The second-order valence-electron chi connectivity index (χ2n) is 8.80. The number of rotatable bonds is 3. The number of anilines is 2. The molecule has 1 unspecified atom stereocenters. The molecule has 1 aliphatic rings. The van der Waals surface area contributed by atoms with Gasteiger partial charge in [0, 0.05) is 47.8 Å². The summed E-state index contributed by atoms with van der Waals surface area (Å²) in [6.07, 6.45) is -4.45. The molecule has 2 aromatic heterocycles. The van der Waals surface area contributed by atoms with Gasteiger partial charge in [0.15, 0.2) is 11.6 Å². The van der Waals surface area contributed by atoms with E-state index in [0.717, 1.165) is 10.9 Å². The third kappa shape index (κ3) is 4.01. The highest BCUT2D eigenvalue weighted by Crippen LogP contribution is 2.42. The van der Waals surface area contributed by atoms with Crippen molar-refractivity contribution in [3.8, 4) is 0 Å². The van der Waals surface area contributed by atoms with Gasteiger partial charge < -0.3 is 14.8 Å². The average Bonchev–Trinajstić information content (AvgIpc) is 3.19. The molecule has 0 aliphatic carbocycles. The quantitative estimate of drug-likeness (QED) is 0.343. The first-order chi connectivity index (χ1) is 17.0. The number of hydrogen-bond acceptors (Lipinski definition) is 5. The number of nitrogens with zero attached hydrogens (tertiary/aromatic N) is 5. The van der Waals surface area contributed by atoms with Crippen LogP contribution in [0.1, 0.15) is 34.3 Å². The molecule has 1 atom stereocenters. The normalized spacial score (nSPS) is 15.9. The first-order valence-corrected chi connectivity index (χ1v) is 11.3. The van der Waals surface area contributed by atoms with E-state index >= 15 is 4.39 Å². The van der Waals surface area contributed by atoms with Gasteiger partial charge in [-0.2, -0.15) is 28.1 Å². The van der Waals surface area contributed by atoms with Gasteiger partial charge in [-0.3, -0.25) is 0 Å². The van der Waals surface area contributed by atoms with Crippen molar-refractivity contribution in [2.24, 2.45) is 0 Å².